The summed E-state index contributed by atoms with van der Waals surface area (Å²) in [4.78, 5) is 10.6. The Bertz CT molecular complexity index is 687. The van der Waals surface area contributed by atoms with E-state index >= 15 is 0 Å². The Morgan fingerprint density at radius 1 is 1.24 bits per heavy atom. The lowest BCUT2D eigenvalue weighted by Crippen LogP contribution is -1.93. The minimum absolute atomic E-state index is 0.115. The van der Waals surface area contributed by atoms with Crippen LogP contribution >= 0.6 is 0 Å². The van der Waals surface area contributed by atoms with E-state index in [4.69, 9.17) is 4.42 Å². The smallest absolute Gasteiger partial charge is 0.311 e. The van der Waals surface area contributed by atoms with Gasteiger partial charge < -0.3 is 4.42 Å². The molecule has 2 aromatic heterocycles. The lowest BCUT2D eigenvalue weighted by atomic mass is 10.1. The zero-order valence-electron chi connectivity index (χ0n) is 8.36. The van der Waals surface area contributed by atoms with Gasteiger partial charge in [-0.1, -0.05) is 0 Å². The van der Waals surface area contributed by atoms with Crippen molar-refractivity contribution in [1.29, 1.82) is 0 Å². The molecule has 1 aromatic carbocycles. The second kappa shape index (κ2) is 3.41. The number of furan rings is 1. The first kappa shape index (κ1) is 9.52. The van der Waals surface area contributed by atoms with Crippen molar-refractivity contribution in [3.8, 4) is 11.3 Å². The number of nitro benzene ring substituents is 1. The van der Waals surface area contributed by atoms with Crippen LogP contribution in [0.3, 0.4) is 0 Å². The summed E-state index contributed by atoms with van der Waals surface area (Å²) in [5.41, 5.74) is 0.637. The number of aromatic nitrogens is 2. The van der Waals surface area contributed by atoms with Gasteiger partial charge in [0.1, 0.15) is 11.3 Å². The Kier molecular flexibility index (Phi) is 1.91. The Balaban J connectivity index is 2.38. The van der Waals surface area contributed by atoms with E-state index in [1.165, 1.54) is 6.26 Å². The van der Waals surface area contributed by atoms with Gasteiger partial charge in [0.05, 0.1) is 16.7 Å². The highest BCUT2D eigenvalue weighted by Gasteiger charge is 2.24. The van der Waals surface area contributed by atoms with Crippen molar-refractivity contribution in [3.63, 3.8) is 0 Å². The van der Waals surface area contributed by atoms with Gasteiger partial charge in [0.25, 0.3) is 0 Å². The Hall–Kier alpha value is -2.70. The number of nitrogens with zero attached hydrogens (tertiary/aromatic N) is 3. The van der Waals surface area contributed by atoms with Crippen LogP contribution in [0.25, 0.3) is 22.4 Å². The van der Waals surface area contributed by atoms with Crippen molar-refractivity contribution in [2.45, 2.75) is 0 Å². The quantitative estimate of drug-likeness (QED) is 0.496. The molecule has 84 valence electrons. The third-order valence-electron chi connectivity index (χ3n) is 2.37. The largest absolute Gasteiger partial charge is 0.464 e. The minimum Gasteiger partial charge on any atom is -0.464 e. The van der Waals surface area contributed by atoms with E-state index in [1.807, 2.05) is 0 Å². The molecule has 0 N–H and O–H groups in total. The SMILES string of the molecule is O=[N+]([O-])c1c(-c2ccco2)ccc2nonc12. The summed E-state index contributed by atoms with van der Waals surface area (Å²) in [6.45, 7) is 0. The van der Waals surface area contributed by atoms with E-state index in [1.54, 1.807) is 24.3 Å². The molecule has 0 fully saturated rings. The van der Waals surface area contributed by atoms with Gasteiger partial charge in [-0.25, -0.2) is 4.63 Å². The molecular weight excluding hydrogens is 226 g/mol. The molecule has 0 saturated heterocycles. The average Bonchev–Trinajstić information content (AvgIpc) is 2.98. The molecule has 3 rings (SSSR count). The van der Waals surface area contributed by atoms with Gasteiger partial charge in [-0.05, 0) is 34.6 Å². The lowest BCUT2D eigenvalue weighted by Gasteiger charge is -1.98. The first-order chi connectivity index (χ1) is 8.27. The molecule has 2 heterocycles. The van der Waals surface area contributed by atoms with Gasteiger partial charge in [0, 0.05) is 0 Å². The first-order valence-electron chi connectivity index (χ1n) is 4.71. The van der Waals surface area contributed by atoms with Crippen molar-refractivity contribution >= 4 is 16.7 Å². The number of benzene rings is 1. The van der Waals surface area contributed by atoms with E-state index in [0.29, 0.717) is 16.8 Å². The van der Waals surface area contributed by atoms with Crippen LogP contribution in [0.4, 0.5) is 5.69 Å². The maximum Gasteiger partial charge on any atom is 0.311 e. The maximum absolute atomic E-state index is 11.1. The summed E-state index contributed by atoms with van der Waals surface area (Å²) in [6, 6.07) is 6.45. The summed E-state index contributed by atoms with van der Waals surface area (Å²) in [6.07, 6.45) is 1.45. The van der Waals surface area contributed by atoms with Gasteiger partial charge in [-0.3, -0.25) is 10.1 Å². The van der Waals surface area contributed by atoms with E-state index in [0.717, 1.165) is 0 Å². The fraction of sp³-hybridized carbons (Fsp3) is 0. The van der Waals surface area contributed by atoms with Crippen LogP contribution < -0.4 is 0 Å². The molecule has 3 aromatic rings. The molecule has 0 spiro atoms. The number of fused-ring (bicyclic) bond motifs is 1. The molecule has 0 aliphatic rings. The molecule has 0 aliphatic carbocycles. The highest BCUT2D eigenvalue weighted by atomic mass is 16.6. The molecular formula is C10H5N3O4. The summed E-state index contributed by atoms with van der Waals surface area (Å²) >= 11 is 0. The van der Waals surface area contributed by atoms with Gasteiger partial charge in [-0.15, -0.1) is 0 Å². The van der Waals surface area contributed by atoms with Crippen LogP contribution in [0.1, 0.15) is 0 Å². The van der Waals surface area contributed by atoms with Crippen LogP contribution in [0.15, 0.2) is 39.6 Å². The van der Waals surface area contributed by atoms with Gasteiger partial charge in [0.2, 0.25) is 5.52 Å². The summed E-state index contributed by atoms with van der Waals surface area (Å²) < 4.78 is 9.65. The molecule has 0 radical (unpaired) electrons. The van der Waals surface area contributed by atoms with Crippen LogP contribution in [0, 0.1) is 10.1 Å². The maximum atomic E-state index is 11.1. The molecule has 0 bridgehead atoms. The Morgan fingerprint density at radius 2 is 2.12 bits per heavy atom. The zero-order valence-corrected chi connectivity index (χ0v) is 8.36. The molecule has 17 heavy (non-hydrogen) atoms. The summed E-state index contributed by atoms with van der Waals surface area (Å²) in [7, 11) is 0. The van der Waals surface area contributed by atoms with Crippen molar-refractivity contribution < 1.29 is 14.0 Å². The number of hydrogen-bond donors (Lipinski definition) is 0. The highest BCUT2D eigenvalue weighted by Crippen LogP contribution is 2.34. The fourth-order valence-corrected chi connectivity index (χ4v) is 1.65. The average molecular weight is 231 g/mol. The second-order valence-corrected chi connectivity index (χ2v) is 3.33. The number of nitro groups is 1. The third kappa shape index (κ3) is 1.36. The molecule has 0 amide bonds. The first-order valence-corrected chi connectivity index (χ1v) is 4.71. The van der Waals surface area contributed by atoms with Crippen molar-refractivity contribution in [2.24, 2.45) is 0 Å². The van der Waals surface area contributed by atoms with Crippen LogP contribution in [0.5, 0.6) is 0 Å². The molecule has 0 unspecified atom stereocenters. The monoisotopic (exact) mass is 231 g/mol. The van der Waals surface area contributed by atoms with Gasteiger partial charge in [-0.2, -0.15) is 0 Å². The van der Waals surface area contributed by atoms with E-state index < -0.39 is 4.92 Å². The Labute approximate surface area is 93.8 Å². The molecule has 0 aliphatic heterocycles. The lowest BCUT2D eigenvalue weighted by molar-refractivity contribution is -0.382. The van der Waals surface area contributed by atoms with Crippen LogP contribution in [-0.2, 0) is 0 Å². The molecule has 7 nitrogen and oxygen atoms in total. The normalized spacial score (nSPS) is 10.8. The predicted octanol–water partition coefficient (Wildman–Crippen LogP) is 2.39. The number of hydrogen-bond acceptors (Lipinski definition) is 6. The van der Waals surface area contributed by atoms with Crippen molar-refractivity contribution in [1.82, 2.24) is 10.3 Å². The zero-order chi connectivity index (χ0) is 11.8. The van der Waals surface area contributed by atoms with Crippen LogP contribution in [-0.4, -0.2) is 15.2 Å². The predicted molar refractivity (Wildman–Crippen MR) is 56.2 cm³/mol. The van der Waals surface area contributed by atoms with Crippen molar-refractivity contribution in [3.05, 3.63) is 40.6 Å². The molecule has 0 saturated carbocycles. The fourth-order valence-electron chi connectivity index (χ4n) is 1.65. The molecule has 7 heteroatoms. The Morgan fingerprint density at radius 3 is 2.82 bits per heavy atom. The van der Waals surface area contributed by atoms with E-state index in [9.17, 15) is 10.1 Å². The summed E-state index contributed by atoms with van der Waals surface area (Å²) in [5, 5.41) is 18.2. The number of rotatable bonds is 2. The van der Waals surface area contributed by atoms with E-state index in [2.05, 4.69) is 14.9 Å². The third-order valence-corrected chi connectivity index (χ3v) is 2.37. The highest BCUT2D eigenvalue weighted by molar-refractivity contribution is 5.91. The second-order valence-electron chi connectivity index (χ2n) is 3.33. The van der Waals surface area contributed by atoms with Crippen molar-refractivity contribution in [2.75, 3.05) is 0 Å². The minimum atomic E-state index is -0.523. The van der Waals surface area contributed by atoms with Crippen LogP contribution in [0.2, 0.25) is 0 Å². The van der Waals surface area contributed by atoms with Gasteiger partial charge >= 0.3 is 5.69 Å². The summed E-state index contributed by atoms with van der Waals surface area (Å²) in [5.74, 6) is 0.404. The topological polar surface area (TPSA) is 95.2 Å². The van der Waals surface area contributed by atoms with Gasteiger partial charge in [0.15, 0.2) is 0 Å². The van der Waals surface area contributed by atoms with E-state index in [-0.39, 0.29) is 11.2 Å². The molecule has 0 atom stereocenters. The standard InChI is InChI=1S/C10H5N3O4/c14-13(15)10-6(8-2-1-5-16-8)3-4-7-9(10)12-17-11-7/h1-5H.